The molecular weight excluding hydrogens is 434 g/mol. The molecular formula is C17H14BrN5O3S. The van der Waals surface area contributed by atoms with Gasteiger partial charge < -0.3 is 5.32 Å². The number of rotatable bonds is 6. The van der Waals surface area contributed by atoms with Gasteiger partial charge in [-0.3, -0.25) is 9.89 Å². The van der Waals surface area contributed by atoms with Crippen molar-refractivity contribution in [1.29, 1.82) is 0 Å². The van der Waals surface area contributed by atoms with Crippen LogP contribution in [0.2, 0.25) is 0 Å². The van der Waals surface area contributed by atoms with Crippen molar-refractivity contribution in [2.45, 2.75) is 4.90 Å². The minimum Gasteiger partial charge on any atom is -0.323 e. The Kier molecular flexibility index (Phi) is 5.67. The summed E-state index contributed by atoms with van der Waals surface area (Å²) in [6, 6.07) is 13.2. The number of halogens is 1. The molecule has 0 spiro atoms. The van der Waals surface area contributed by atoms with Crippen molar-refractivity contribution in [2.24, 2.45) is 0 Å². The summed E-state index contributed by atoms with van der Waals surface area (Å²) in [5, 5.41) is 8.72. The molecule has 0 atom stereocenters. The Bertz CT molecular complexity index is 1050. The summed E-state index contributed by atoms with van der Waals surface area (Å²) in [7, 11) is -3.80. The number of sulfonamides is 1. The quantitative estimate of drug-likeness (QED) is 0.502. The van der Waals surface area contributed by atoms with Crippen molar-refractivity contribution in [1.82, 2.24) is 15.2 Å². The first kappa shape index (κ1) is 18.8. The van der Waals surface area contributed by atoms with Gasteiger partial charge in [-0.2, -0.15) is 4.98 Å². The molecule has 3 rings (SSSR count). The highest BCUT2D eigenvalue weighted by Gasteiger charge is 2.15. The molecule has 2 aromatic carbocycles. The number of H-pyrrole nitrogens is 1. The average Bonchev–Trinajstić information content (AvgIpc) is 3.14. The van der Waals surface area contributed by atoms with Crippen LogP contribution in [0.25, 0.3) is 6.08 Å². The third kappa shape index (κ3) is 5.25. The Morgan fingerprint density at radius 3 is 2.41 bits per heavy atom. The second kappa shape index (κ2) is 8.14. The zero-order chi connectivity index (χ0) is 19.3. The molecule has 8 nitrogen and oxygen atoms in total. The molecule has 138 valence electrons. The van der Waals surface area contributed by atoms with Crippen LogP contribution in [0.4, 0.5) is 11.6 Å². The summed E-state index contributed by atoms with van der Waals surface area (Å²) in [4.78, 5) is 15.7. The predicted molar refractivity (Wildman–Crippen MR) is 105 cm³/mol. The number of aromatic amines is 1. The summed E-state index contributed by atoms with van der Waals surface area (Å²) in [6.45, 7) is 0. The molecule has 0 aliphatic heterocycles. The first-order valence-corrected chi connectivity index (χ1v) is 9.93. The van der Waals surface area contributed by atoms with Crippen molar-refractivity contribution in [3.63, 3.8) is 0 Å². The van der Waals surface area contributed by atoms with Gasteiger partial charge in [-0.15, -0.1) is 5.10 Å². The highest BCUT2D eigenvalue weighted by atomic mass is 79.9. The highest BCUT2D eigenvalue weighted by Crippen LogP contribution is 2.16. The number of nitrogens with zero attached hydrogens (tertiary/aromatic N) is 2. The van der Waals surface area contributed by atoms with Crippen molar-refractivity contribution < 1.29 is 13.2 Å². The number of carbonyl (C=O) groups excluding carboxylic acids is 1. The van der Waals surface area contributed by atoms with Gasteiger partial charge >= 0.3 is 0 Å². The van der Waals surface area contributed by atoms with Gasteiger partial charge in [-0.05, 0) is 48.0 Å². The number of carbonyl (C=O) groups is 1. The number of anilines is 2. The highest BCUT2D eigenvalue weighted by molar-refractivity contribution is 9.10. The number of hydrogen-bond donors (Lipinski definition) is 3. The van der Waals surface area contributed by atoms with E-state index in [0.717, 1.165) is 10.0 Å². The molecule has 1 heterocycles. The van der Waals surface area contributed by atoms with Gasteiger partial charge in [0.2, 0.25) is 5.91 Å². The number of aromatic nitrogens is 3. The summed E-state index contributed by atoms with van der Waals surface area (Å²) in [6.07, 6.45) is 4.35. The maximum absolute atomic E-state index is 12.2. The van der Waals surface area contributed by atoms with Gasteiger partial charge in [0.25, 0.3) is 16.0 Å². The Morgan fingerprint density at radius 2 is 1.78 bits per heavy atom. The topological polar surface area (TPSA) is 117 Å². The molecule has 3 aromatic rings. The van der Waals surface area contributed by atoms with E-state index in [1.54, 1.807) is 6.08 Å². The minimum absolute atomic E-state index is 0.0238. The summed E-state index contributed by atoms with van der Waals surface area (Å²) < 4.78 is 27.6. The van der Waals surface area contributed by atoms with E-state index in [-0.39, 0.29) is 16.8 Å². The maximum Gasteiger partial charge on any atom is 0.264 e. The van der Waals surface area contributed by atoms with E-state index in [0.29, 0.717) is 5.69 Å². The smallest absolute Gasteiger partial charge is 0.264 e. The molecule has 0 aliphatic rings. The fourth-order valence-electron chi connectivity index (χ4n) is 2.08. The second-order valence-electron chi connectivity index (χ2n) is 5.33. The lowest BCUT2D eigenvalue weighted by Gasteiger charge is -2.06. The zero-order valence-corrected chi connectivity index (χ0v) is 16.2. The van der Waals surface area contributed by atoms with E-state index in [9.17, 15) is 13.2 Å². The molecule has 0 bridgehead atoms. The van der Waals surface area contributed by atoms with Crippen molar-refractivity contribution in [3.8, 4) is 0 Å². The van der Waals surface area contributed by atoms with E-state index < -0.39 is 10.0 Å². The lowest BCUT2D eigenvalue weighted by Crippen LogP contribution is -2.14. The maximum atomic E-state index is 12.2. The van der Waals surface area contributed by atoms with Gasteiger partial charge in [-0.25, -0.2) is 13.1 Å². The predicted octanol–water partition coefficient (Wildman–Crippen LogP) is 3.02. The van der Waals surface area contributed by atoms with Gasteiger partial charge in [-0.1, -0.05) is 28.1 Å². The molecule has 27 heavy (non-hydrogen) atoms. The van der Waals surface area contributed by atoms with Crippen molar-refractivity contribution in [2.75, 3.05) is 10.0 Å². The van der Waals surface area contributed by atoms with E-state index in [2.05, 4.69) is 41.2 Å². The molecule has 0 radical (unpaired) electrons. The lowest BCUT2D eigenvalue weighted by atomic mass is 10.2. The monoisotopic (exact) mass is 447 g/mol. The summed E-state index contributed by atoms with van der Waals surface area (Å²) in [5.74, 6) is -0.377. The SMILES string of the molecule is O=C(/C=C/c1ccc(Br)cc1)Nc1ccc(S(=O)(=O)Nc2nc[nH]n2)cc1. The third-order valence-electron chi connectivity index (χ3n) is 3.37. The van der Waals surface area contributed by atoms with Crippen LogP contribution in [-0.2, 0) is 14.8 Å². The van der Waals surface area contributed by atoms with Crippen LogP contribution in [-0.4, -0.2) is 29.5 Å². The number of hydrogen-bond acceptors (Lipinski definition) is 5. The van der Waals surface area contributed by atoms with Gasteiger partial charge in [0, 0.05) is 16.2 Å². The molecule has 3 N–H and O–H groups in total. The molecule has 0 aliphatic carbocycles. The molecule has 0 fully saturated rings. The Labute approximate surface area is 163 Å². The van der Waals surface area contributed by atoms with Crippen LogP contribution >= 0.6 is 15.9 Å². The summed E-state index contributed by atoms with van der Waals surface area (Å²) >= 11 is 3.35. The van der Waals surface area contributed by atoms with Crippen LogP contribution in [0.1, 0.15) is 5.56 Å². The van der Waals surface area contributed by atoms with Crippen LogP contribution in [0.15, 0.2) is 70.3 Å². The number of nitrogens with one attached hydrogen (secondary N) is 3. The standard InChI is InChI=1S/C17H14BrN5O3S/c18-13-4-1-12(2-5-13)3-10-16(24)21-14-6-8-15(9-7-14)27(25,26)23-17-19-11-20-22-17/h1-11H,(H,21,24)(H2,19,20,22,23)/b10-3+. The average molecular weight is 448 g/mol. The van der Waals surface area contributed by atoms with Crippen LogP contribution < -0.4 is 10.0 Å². The lowest BCUT2D eigenvalue weighted by molar-refractivity contribution is -0.111. The molecule has 1 aromatic heterocycles. The minimum atomic E-state index is -3.80. The summed E-state index contributed by atoms with van der Waals surface area (Å²) in [5.41, 5.74) is 1.35. The van der Waals surface area contributed by atoms with E-state index in [1.165, 1.54) is 36.7 Å². The molecule has 1 amide bonds. The molecule has 0 saturated heterocycles. The molecule has 0 unspecified atom stereocenters. The first-order chi connectivity index (χ1) is 12.9. The number of benzene rings is 2. The number of amides is 1. The van der Waals surface area contributed by atoms with Gasteiger partial charge in [0.1, 0.15) is 6.33 Å². The van der Waals surface area contributed by atoms with E-state index in [4.69, 9.17) is 0 Å². The van der Waals surface area contributed by atoms with Gasteiger partial charge in [0.05, 0.1) is 4.90 Å². The normalized spacial score (nSPS) is 11.4. The largest absolute Gasteiger partial charge is 0.323 e. The fraction of sp³-hybridized carbons (Fsp3) is 0. The van der Waals surface area contributed by atoms with E-state index in [1.807, 2.05) is 24.3 Å². The van der Waals surface area contributed by atoms with Crippen LogP contribution in [0.5, 0.6) is 0 Å². The molecule has 10 heteroatoms. The van der Waals surface area contributed by atoms with Crippen molar-refractivity contribution >= 4 is 49.6 Å². The van der Waals surface area contributed by atoms with Crippen LogP contribution in [0.3, 0.4) is 0 Å². The zero-order valence-electron chi connectivity index (χ0n) is 13.8. The second-order valence-corrected chi connectivity index (χ2v) is 7.92. The Hall–Kier alpha value is -2.98. The third-order valence-corrected chi connectivity index (χ3v) is 5.24. The van der Waals surface area contributed by atoms with Crippen LogP contribution in [0, 0.1) is 0 Å². The van der Waals surface area contributed by atoms with E-state index >= 15 is 0 Å². The molecule has 0 saturated carbocycles. The first-order valence-electron chi connectivity index (χ1n) is 7.66. The fourth-order valence-corrected chi connectivity index (χ4v) is 3.30. The van der Waals surface area contributed by atoms with Gasteiger partial charge in [0.15, 0.2) is 0 Å². The Morgan fingerprint density at radius 1 is 1.07 bits per heavy atom. The Balaban J connectivity index is 1.63. The van der Waals surface area contributed by atoms with Crippen molar-refractivity contribution in [3.05, 3.63) is 71.0 Å².